The number of imidazole rings is 1. The standard InChI is InChI=1S/C27H32N6O2/c1-30-14-15-33(27(35)22-7-4-6-21(16-22)18-31-13-10-28-20-31)19-25(30)26(34)29-23-8-5-9-24(17-23)32-11-2-3-12-32/h4-10,13,16-17,20,25H,2-3,11-12,14-15,18-19H2,1H3,(H,29,34). The molecule has 0 spiro atoms. The summed E-state index contributed by atoms with van der Waals surface area (Å²) in [5.41, 5.74) is 3.62. The minimum Gasteiger partial charge on any atom is -0.371 e. The Kier molecular flexibility index (Phi) is 6.81. The molecule has 5 rings (SSSR count). The monoisotopic (exact) mass is 472 g/mol. The zero-order valence-electron chi connectivity index (χ0n) is 20.1. The highest BCUT2D eigenvalue weighted by molar-refractivity contribution is 5.98. The van der Waals surface area contributed by atoms with E-state index in [1.54, 1.807) is 17.4 Å². The third-order valence-corrected chi connectivity index (χ3v) is 6.92. The van der Waals surface area contributed by atoms with Gasteiger partial charge in [0, 0.05) is 68.6 Å². The Morgan fingerprint density at radius 1 is 1.03 bits per heavy atom. The number of anilines is 2. The van der Waals surface area contributed by atoms with Crippen molar-refractivity contribution in [2.45, 2.75) is 25.4 Å². The minimum absolute atomic E-state index is 0.0422. The van der Waals surface area contributed by atoms with E-state index < -0.39 is 6.04 Å². The molecule has 0 bridgehead atoms. The normalized spacial score (nSPS) is 18.6. The number of amides is 2. The zero-order valence-corrected chi connectivity index (χ0v) is 20.1. The summed E-state index contributed by atoms with van der Waals surface area (Å²) in [6, 6.07) is 15.3. The number of aromatic nitrogens is 2. The molecule has 2 aliphatic rings. The van der Waals surface area contributed by atoms with Crippen LogP contribution in [-0.2, 0) is 11.3 Å². The summed E-state index contributed by atoms with van der Waals surface area (Å²) in [5.74, 6) is -0.128. The van der Waals surface area contributed by atoms with Gasteiger partial charge in [0.15, 0.2) is 0 Å². The summed E-state index contributed by atoms with van der Waals surface area (Å²) in [4.78, 5) is 36.8. The molecule has 0 aliphatic carbocycles. The second-order valence-corrected chi connectivity index (χ2v) is 9.42. The van der Waals surface area contributed by atoms with Gasteiger partial charge >= 0.3 is 0 Å². The lowest BCUT2D eigenvalue weighted by Gasteiger charge is -2.38. The van der Waals surface area contributed by atoms with E-state index in [4.69, 9.17) is 0 Å². The van der Waals surface area contributed by atoms with Crippen molar-refractivity contribution in [2.24, 2.45) is 0 Å². The first-order valence-corrected chi connectivity index (χ1v) is 12.3. The van der Waals surface area contributed by atoms with Crippen LogP contribution >= 0.6 is 0 Å². The number of hydrogen-bond acceptors (Lipinski definition) is 5. The fourth-order valence-corrected chi connectivity index (χ4v) is 4.90. The molecular formula is C27H32N6O2. The molecule has 0 saturated carbocycles. The number of carbonyl (C=O) groups is 2. The van der Waals surface area contributed by atoms with Gasteiger partial charge in [-0.1, -0.05) is 18.2 Å². The summed E-state index contributed by atoms with van der Waals surface area (Å²) in [5, 5.41) is 3.09. The van der Waals surface area contributed by atoms with Gasteiger partial charge in [0.05, 0.1) is 6.33 Å². The molecule has 2 saturated heterocycles. The fourth-order valence-electron chi connectivity index (χ4n) is 4.90. The van der Waals surface area contributed by atoms with Crippen molar-refractivity contribution in [3.05, 3.63) is 78.4 Å². The molecule has 8 nitrogen and oxygen atoms in total. The average molecular weight is 473 g/mol. The molecule has 182 valence electrons. The lowest BCUT2D eigenvalue weighted by Crippen LogP contribution is -2.57. The van der Waals surface area contributed by atoms with Gasteiger partial charge in [-0.2, -0.15) is 0 Å². The van der Waals surface area contributed by atoms with E-state index in [0.29, 0.717) is 31.7 Å². The third-order valence-electron chi connectivity index (χ3n) is 6.92. The molecule has 2 fully saturated rings. The Bertz CT molecular complexity index is 1170. The van der Waals surface area contributed by atoms with Gasteiger partial charge in [0.1, 0.15) is 6.04 Å². The van der Waals surface area contributed by atoms with Crippen LogP contribution in [0, 0.1) is 0 Å². The van der Waals surface area contributed by atoms with Crippen LogP contribution in [-0.4, -0.2) is 77.0 Å². The van der Waals surface area contributed by atoms with Gasteiger partial charge in [0.25, 0.3) is 5.91 Å². The number of likely N-dealkylation sites (N-methyl/N-ethyl adjacent to an activating group) is 1. The smallest absolute Gasteiger partial charge is 0.253 e. The number of hydrogen-bond donors (Lipinski definition) is 1. The molecule has 1 atom stereocenters. The maximum atomic E-state index is 13.3. The van der Waals surface area contributed by atoms with Crippen LogP contribution in [0.5, 0.6) is 0 Å². The quantitative estimate of drug-likeness (QED) is 0.597. The van der Waals surface area contributed by atoms with Crippen LogP contribution in [0.1, 0.15) is 28.8 Å². The molecule has 3 heterocycles. The Hall–Kier alpha value is -3.65. The number of benzene rings is 2. The second-order valence-electron chi connectivity index (χ2n) is 9.42. The molecule has 8 heteroatoms. The van der Waals surface area contributed by atoms with Gasteiger partial charge in [-0.25, -0.2) is 4.98 Å². The number of rotatable bonds is 6. The highest BCUT2D eigenvalue weighted by atomic mass is 16.2. The highest BCUT2D eigenvalue weighted by Gasteiger charge is 2.32. The summed E-state index contributed by atoms with van der Waals surface area (Å²) in [6.45, 7) is 4.37. The number of nitrogens with one attached hydrogen (secondary N) is 1. The van der Waals surface area contributed by atoms with Crippen molar-refractivity contribution in [3.63, 3.8) is 0 Å². The fraction of sp³-hybridized carbons (Fsp3) is 0.370. The molecule has 35 heavy (non-hydrogen) atoms. The van der Waals surface area contributed by atoms with Crippen LogP contribution in [0.2, 0.25) is 0 Å². The van der Waals surface area contributed by atoms with Gasteiger partial charge in [-0.3, -0.25) is 14.5 Å². The van der Waals surface area contributed by atoms with Crippen molar-refractivity contribution in [2.75, 3.05) is 50.0 Å². The highest BCUT2D eigenvalue weighted by Crippen LogP contribution is 2.24. The number of carbonyl (C=O) groups excluding carboxylic acids is 2. The summed E-state index contributed by atoms with van der Waals surface area (Å²) in [7, 11) is 1.94. The maximum absolute atomic E-state index is 13.3. The first-order valence-electron chi connectivity index (χ1n) is 12.3. The minimum atomic E-state index is -0.405. The van der Waals surface area contributed by atoms with Gasteiger partial charge < -0.3 is 19.7 Å². The molecule has 2 aliphatic heterocycles. The molecule has 0 radical (unpaired) electrons. The van der Waals surface area contributed by atoms with E-state index in [2.05, 4.69) is 21.3 Å². The van der Waals surface area contributed by atoms with Crippen molar-refractivity contribution in [1.82, 2.24) is 19.4 Å². The molecule has 1 unspecified atom stereocenters. The molecule has 2 aromatic carbocycles. The largest absolute Gasteiger partial charge is 0.371 e. The van der Waals surface area contributed by atoms with E-state index in [-0.39, 0.29) is 11.8 Å². The van der Waals surface area contributed by atoms with E-state index in [9.17, 15) is 9.59 Å². The molecule has 2 amide bonds. The van der Waals surface area contributed by atoms with Crippen LogP contribution in [0.4, 0.5) is 11.4 Å². The molecule has 3 aromatic rings. The van der Waals surface area contributed by atoms with Crippen LogP contribution < -0.4 is 10.2 Å². The van der Waals surface area contributed by atoms with Crippen molar-refractivity contribution in [3.8, 4) is 0 Å². The Morgan fingerprint density at radius 2 is 1.86 bits per heavy atom. The van der Waals surface area contributed by atoms with Gasteiger partial charge in [0.2, 0.25) is 5.91 Å². The van der Waals surface area contributed by atoms with E-state index >= 15 is 0 Å². The third kappa shape index (κ3) is 5.38. The Labute approximate surface area is 206 Å². The number of nitrogens with zero attached hydrogens (tertiary/aromatic N) is 5. The van der Waals surface area contributed by atoms with Crippen molar-refractivity contribution >= 4 is 23.2 Å². The first kappa shape index (κ1) is 23.1. The molecule has 1 N–H and O–H groups in total. The Balaban J connectivity index is 1.25. The predicted octanol–water partition coefficient (Wildman–Crippen LogP) is 2.93. The zero-order chi connectivity index (χ0) is 24.2. The Morgan fingerprint density at radius 3 is 2.66 bits per heavy atom. The summed E-state index contributed by atoms with van der Waals surface area (Å²) in [6.07, 6.45) is 7.82. The predicted molar refractivity (Wildman–Crippen MR) is 137 cm³/mol. The first-order chi connectivity index (χ1) is 17.1. The molecular weight excluding hydrogens is 440 g/mol. The summed E-state index contributed by atoms with van der Waals surface area (Å²) >= 11 is 0. The van der Waals surface area contributed by atoms with Crippen LogP contribution in [0.25, 0.3) is 0 Å². The molecule has 1 aromatic heterocycles. The SMILES string of the molecule is CN1CCN(C(=O)c2cccc(Cn3ccnc3)c2)CC1C(=O)Nc1cccc(N2CCCC2)c1. The van der Waals surface area contributed by atoms with Gasteiger partial charge in [-0.15, -0.1) is 0 Å². The van der Waals surface area contributed by atoms with Crippen LogP contribution in [0.3, 0.4) is 0 Å². The lowest BCUT2D eigenvalue weighted by molar-refractivity contribution is -0.122. The van der Waals surface area contributed by atoms with Gasteiger partial charge in [-0.05, 0) is 55.8 Å². The van der Waals surface area contributed by atoms with E-state index in [1.165, 1.54) is 12.8 Å². The van der Waals surface area contributed by atoms with E-state index in [1.807, 2.05) is 65.2 Å². The van der Waals surface area contributed by atoms with Crippen molar-refractivity contribution < 1.29 is 9.59 Å². The maximum Gasteiger partial charge on any atom is 0.253 e. The summed E-state index contributed by atoms with van der Waals surface area (Å²) < 4.78 is 1.97. The van der Waals surface area contributed by atoms with Crippen molar-refractivity contribution in [1.29, 1.82) is 0 Å². The second kappa shape index (κ2) is 10.3. The average Bonchev–Trinajstić information content (AvgIpc) is 3.59. The lowest BCUT2D eigenvalue weighted by atomic mass is 10.1. The van der Waals surface area contributed by atoms with E-state index in [0.717, 1.165) is 30.0 Å². The topological polar surface area (TPSA) is 73.7 Å². The van der Waals surface area contributed by atoms with Crippen LogP contribution in [0.15, 0.2) is 67.3 Å². The number of piperazine rings is 1.